The first-order valence-electron chi connectivity index (χ1n) is 6.41. The highest BCUT2D eigenvalue weighted by Crippen LogP contribution is 2.26. The molecule has 1 amide bonds. The molecule has 0 radical (unpaired) electrons. The molecule has 7 heteroatoms. The van der Waals surface area contributed by atoms with Crippen molar-refractivity contribution in [1.29, 1.82) is 0 Å². The minimum Gasteiger partial charge on any atom is -0.493 e. The number of nitrogens with one attached hydrogen (secondary N) is 1. The number of hydrogen-bond acceptors (Lipinski definition) is 3. The first-order chi connectivity index (χ1) is 9.81. The van der Waals surface area contributed by atoms with Crippen molar-refractivity contribution in [3.63, 3.8) is 0 Å². The second-order valence-electron chi connectivity index (χ2n) is 4.80. The van der Waals surface area contributed by atoms with Gasteiger partial charge in [0.2, 0.25) is 5.91 Å². The number of carbonyl (C=O) groups excluding carboxylic acids is 1. The number of ether oxygens (including phenoxy) is 1. The Morgan fingerprint density at radius 2 is 1.95 bits per heavy atom. The van der Waals surface area contributed by atoms with Crippen LogP contribution in [0.2, 0.25) is 10.0 Å². The fraction of sp³-hybridized carbons (Fsp3) is 0.429. The molecule has 0 heterocycles. The molecule has 0 aromatic heterocycles. The first-order valence-corrected chi connectivity index (χ1v) is 7.17. The Labute approximate surface area is 133 Å². The summed E-state index contributed by atoms with van der Waals surface area (Å²) in [5, 5.41) is 12.2. The summed E-state index contributed by atoms with van der Waals surface area (Å²) in [6.07, 6.45) is 0.0523. The SMILES string of the molecule is CC(C)C(NC(=O)CCOc1ccc(Cl)c(Cl)c1)C(=O)O. The molecule has 116 valence electrons. The van der Waals surface area contributed by atoms with E-state index in [1.54, 1.807) is 32.0 Å². The van der Waals surface area contributed by atoms with Gasteiger partial charge >= 0.3 is 5.97 Å². The average Bonchev–Trinajstić information content (AvgIpc) is 2.39. The molecule has 1 aromatic carbocycles. The Hall–Kier alpha value is -1.46. The Kier molecular flexibility index (Phi) is 6.78. The lowest BCUT2D eigenvalue weighted by atomic mass is 10.0. The van der Waals surface area contributed by atoms with Crippen molar-refractivity contribution in [3.8, 4) is 5.75 Å². The van der Waals surface area contributed by atoms with Crippen LogP contribution >= 0.6 is 23.2 Å². The third kappa shape index (κ3) is 5.81. The van der Waals surface area contributed by atoms with Gasteiger partial charge in [0, 0.05) is 6.07 Å². The van der Waals surface area contributed by atoms with Crippen LogP contribution in [0.25, 0.3) is 0 Å². The summed E-state index contributed by atoms with van der Waals surface area (Å²) in [4.78, 5) is 22.6. The topological polar surface area (TPSA) is 75.6 Å². The van der Waals surface area contributed by atoms with Gasteiger partial charge in [-0.2, -0.15) is 0 Å². The van der Waals surface area contributed by atoms with Gasteiger partial charge in [0.05, 0.1) is 23.1 Å². The van der Waals surface area contributed by atoms with E-state index in [0.717, 1.165) is 0 Å². The van der Waals surface area contributed by atoms with Crippen molar-refractivity contribution in [1.82, 2.24) is 5.32 Å². The number of carboxylic acid groups (broad SMARTS) is 1. The molecule has 0 aliphatic rings. The lowest BCUT2D eigenvalue weighted by molar-refractivity contribution is -0.143. The Bertz CT molecular complexity index is 520. The second-order valence-corrected chi connectivity index (χ2v) is 5.62. The van der Waals surface area contributed by atoms with E-state index in [1.165, 1.54) is 0 Å². The van der Waals surface area contributed by atoms with Gasteiger partial charge in [-0.3, -0.25) is 4.79 Å². The second kappa shape index (κ2) is 8.10. The van der Waals surface area contributed by atoms with Crippen LogP contribution in [0, 0.1) is 5.92 Å². The van der Waals surface area contributed by atoms with Crippen molar-refractivity contribution >= 4 is 35.1 Å². The average molecular weight is 334 g/mol. The van der Waals surface area contributed by atoms with Gasteiger partial charge in [0.1, 0.15) is 11.8 Å². The van der Waals surface area contributed by atoms with E-state index in [9.17, 15) is 9.59 Å². The van der Waals surface area contributed by atoms with Gasteiger partial charge in [-0.25, -0.2) is 4.79 Å². The largest absolute Gasteiger partial charge is 0.493 e. The smallest absolute Gasteiger partial charge is 0.326 e. The van der Waals surface area contributed by atoms with Crippen LogP contribution in [0.1, 0.15) is 20.3 Å². The van der Waals surface area contributed by atoms with Crippen molar-refractivity contribution in [3.05, 3.63) is 28.2 Å². The van der Waals surface area contributed by atoms with E-state index >= 15 is 0 Å². The summed E-state index contributed by atoms with van der Waals surface area (Å²) in [6.45, 7) is 3.57. The molecule has 1 aromatic rings. The molecule has 0 saturated carbocycles. The van der Waals surface area contributed by atoms with Crippen LogP contribution in [0.15, 0.2) is 18.2 Å². The summed E-state index contributed by atoms with van der Waals surface area (Å²) in [7, 11) is 0. The maximum absolute atomic E-state index is 11.7. The zero-order chi connectivity index (χ0) is 16.0. The van der Waals surface area contributed by atoms with Crippen LogP contribution in [0.4, 0.5) is 0 Å². The van der Waals surface area contributed by atoms with Gasteiger partial charge in [-0.15, -0.1) is 0 Å². The fourth-order valence-electron chi connectivity index (χ4n) is 1.59. The number of hydrogen-bond donors (Lipinski definition) is 2. The predicted molar refractivity (Wildman–Crippen MR) is 81.0 cm³/mol. The van der Waals surface area contributed by atoms with Gasteiger partial charge in [-0.1, -0.05) is 37.0 Å². The lowest BCUT2D eigenvalue weighted by Gasteiger charge is -2.17. The third-order valence-electron chi connectivity index (χ3n) is 2.74. The highest BCUT2D eigenvalue weighted by atomic mass is 35.5. The monoisotopic (exact) mass is 333 g/mol. The van der Waals surface area contributed by atoms with Crippen LogP contribution in [0.5, 0.6) is 5.75 Å². The van der Waals surface area contributed by atoms with Crippen LogP contribution in [-0.2, 0) is 9.59 Å². The van der Waals surface area contributed by atoms with Gasteiger partial charge in [0.15, 0.2) is 0 Å². The molecule has 1 rings (SSSR count). The molecule has 0 saturated heterocycles. The number of carboxylic acids is 1. The van der Waals surface area contributed by atoms with Crippen molar-refractivity contribution in [2.24, 2.45) is 5.92 Å². The molecule has 0 aliphatic heterocycles. The predicted octanol–water partition coefficient (Wildman–Crippen LogP) is 2.99. The Morgan fingerprint density at radius 1 is 1.29 bits per heavy atom. The van der Waals surface area contributed by atoms with E-state index in [4.69, 9.17) is 33.0 Å². The molecule has 2 N–H and O–H groups in total. The number of carbonyl (C=O) groups is 2. The first kappa shape index (κ1) is 17.6. The van der Waals surface area contributed by atoms with Crippen LogP contribution < -0.4 is 10.1 Å². The Morgan fingerprint density at radius 3 is 2.48 bits per heavy atom. The van der Waals surface area contributed by atoms with E-state index < -0.39 is 12.0 Å². The number of halogens is 2. The van der Waals surface area contributed by atoms with Crippen molar-refractivity contribution in [2.45, 2.75) is 26.3 Å². The molecule has 0 bridgehead atoms. The van der Waals surface area contributed by atoms with Gasteiger partial charge < -0.3 is 15.2 Å². The van der Waals surface area contributed by atoms with E-state index in [1.807, 2.05) is 0 Å². The number of aliphatic carboxylic acids is 1. The number of rotatable bonds is 7. The molecular weight excluding hydrogens is 317 g/mol. The normalized spacial score (nSPS) is 12.0. The van der Waals surface area contributed by atoms with Crippen molar-refractivity contribution < 1.29 is 19.4 Å². The van der Waals surface area contributed by atoms with Crippen LogP contribution in [-0.4, -0.2) is 29.6 Å². The zero-order valence-corrected chi connectivity index (χ0v) is 13.2. The summed E-state index contributed by atoms with van der Waals surface area (Å²) < 4.78 is 5.36. The summed E-state index contributed by atoms with van der Waals surface area (Å²) in [6, 6.07) is 3.89. The standard InChI is InChI=1S/C14H17Cl2NO4/c1-8(2)13(14(19)20)17-12(18)5-6-21-9-3-4-10(15)11(16)7-9/h3-4,7-8,13H,5-6H2,1-2H3,(H,17,18)(H,19,20). The maximum atomic E-state index is 11.7. The van der Waals surface area contributed by atoms with Crippen molar-refractivity contribution in [2.75, 3.05) is 6.61 Å². The highest BCUT2D eigenvalue weighted by molar-refractivity contribution is 6.42. The molecular formula is C14H17Cl2NO4. The minimum atomic E-state index is -1.05. The van der Waals surface area contributed by atoms with Gasteiger partial charge in [-0.05, 0) is 18.1 Å². The Balaban J connectivity index is 2.42. The summed E-state index contributed by atoms with van der Waals surface area (Å²) >= 11 is 11.6. The quantitative estimate of drug-likeness (QED) is 0.804. The van der Waals surface area contributed by atoms with E-state index in [-0.39, 0.29) is 24.9 Å². The molecule has 1 atom stereocenters. The molecule has 1 unspecified atom stereocenters. The fourth-order valence-corrected chi connectivity index (χ4v) is 1.88. The van der Waals surface area contributed by atoms with E-state index in [0.29, 0.717) is 15.8 Å². The third-order valence-corrected chi connectivity index (χ3v) is 3.48. The van der Waals surface area contributed by atoms with E-state index in [2.05, 4.69) is 5.32 Å². The lowest BCUT2D eigenvalue weighted by Crippen LogP contribution is -2.44. The minimum absolute atomic E-state index is 0.0523. The molecule has 0 aliphatic carbocycles. The maximum Gasteiger partial charge on any atom is 0.326 e. The number of amides is 1. The summed E-state index contributed by atoms with van der Waals surface area (Å²) in [5.74, 6) is -1.13. The molecule has 0 spiro atoms. The molecule has 21 heavy (non-hydrogen) atoms. The summed E-state index contributed by atoms with van der Waals surface area (Å²) in [5.41, 5.74) is 0. The molecule has 0 fully saturated rings. The zero-order valence-electron chi connectivity index (χ0n) is 11.7. The highest BCUT2D eigenvalue weighted by Gasteiger charge is 2.23. The molecule has 5 nitrogen and oxygen atoms in total. The number of benzene rings is 1. The van der Waals surface area contributed by atoms with Crippen LogP contribution in [0.3, 0.4) is 0 Å². The van der Waals surface area contributed by atoms with Gasteiger partial charge in [0.25, 0.3) is 0 Å².